The molecule has 0 atom stereocenters. The van der Waals surface area contributed by atoms with Gasteiger partial charge in [-0.25, -0.2) is 0 Å². The minimum Gasteiger partial charge on any atom is -0.507 e. The largest absolute Gasteiger partial charge is 0.507 e. The molecule has 46 heavy (non-hydrogen) atoms. The van der Waals surface area contributed by atoms with Crippen LogP contribution in [0.2, 0.25) is 0 Å². The van der Waals surface area contributed by atoms with Gasteiger partial charge in [-0.2, -0.15) is 0 Å². The molecule has 0 bridgehead atoms. The van der Waals surface area contributed by atoms with E-state index in [1.165, 1.54) is 0 Å². The molecule has 0 heterocycles. The van der Waals surface area contributed by atoms with Crippen LogP contribution in [0.4, 0.5) is 0 Å². The summed E-state index contributed by atoms with van der Waals surface area (Å²) in [5.74, 6) is 0.832. The highest BCUT2D eigenvalue weighted by Gasteiger charge is 2.28. The molecule has 0 radical (unpaired) electrons. The van der Waals surface area contributed by atoms with Crippen LogP contribution < -0.4 is 10.6 Å². The number of phenolic OH excluding ortho intramolecular Hbond substituents is 2. The first-order valence-corrected chi connectivity index (χ1v) is 17.3. The minimum atomic E-state index is -0.189. The first-order chi connectivity index (χ1) is 21.0. The normalized spacial score (nSPS) is 12.7. The highest BCUT2D eigenvalue weighted by Crippen LogP contribution is 2.41. The van der Waals surface area contributed by atoms with Crippen molar-refractivity contribution in [3.05, 3.63) is 57.6 Å². The van der Waals surface area contributed by atoms with Gasteiger partial charge in [0.2, 0.25) is 11.8 Å². The van der Waals surface area contributed by atoms with Crippen LogP contribution in [0.3, 0.4) is 0 Å². The number of hydrogen-bond acceptors (Lipinski definition) is 4. The number of rotatable bonds is 13. The van der Waals surface area contributed by atoms with Crippen molar-refractivity contribution in [2.75, 3.05) is 13.1 Å². The lowest BCUT2D eigenvalue weighted by Gasteiger charge is -2.28. The van der Waals surface area contributed by atoms with E-state index in [1.807, 2.05) is 0 Å². The minimum absolute atomic E-state index is 0.0489. The number of aromatic hydroxyl groups is 2. The molecule has 6 nitrogen and oxygen atoms in total. The molecule has 4 N–H and O–H groups in total. The average molecular weight is 649 g/mol. The lowest BCUT2D eigenvalue weighted by Crippen LogP contribution is -2.25. The van der Waals surface area contributed by atoms with Crippen LogP contribution in [0, 0.1) is 0 Å². The zero-order valence-corrected chi connectivity index (χ0v) is 31.1. The number of carbonyl (C=O) groups excluding carboxylic acids is 2. The third-order valence-electron chi connectivity index (χ3n) is 8.60. The molecular weight excluding hydrogens is 584 g/mol. The summed E-state index contributed by atoms with van der Waals surface area (Å²) in [5, 5.41) is 28.0. The van der Waals surface area contributed by atoms with Crippen LogP contribution in [0.15, 0.2) is 24.3 Å². The monoisotopic (exact) mass is 649 g/mol. The third-order valence-corrected chi connectivity index (χ3v) is 8.60. The standard InChI is InChI=1S/C40H64N2O4/c1-37(2,3)29-23-27(24-30(35(29)45)38(4,5)6)17-19-33(43)41-21-15-13-14-16-22-42-34(44)20-18-28-25-31(39(7,8)9)36(46)32(26-28)40(10,11)12/h23-26,45-46H,13-22H2,1-12H3,(H,41,43)(H,42,44)/i23+1,24+1,25+1,26+1,27+1,28+1,29+1,30+1,31+1,32+1,35+1,36+1. The van der Waals surface area contributed by atoms with E-state index in [2.05, 4.69) is 118 Å². The van der Waals surface area contributed by atoms with Gasteiger partial charge in [0, 0.05) is 25.9 Å². The Hall–Kier alpha value is -3.02. The molecule has 6 heteroatoms. The van der Waals surface area contributed by atoms with Crippen LogP contribution >= 0.6 is 0 Å². The van der Waals surface area contributed by atoms with Crippen molar-refractivity contribution in [3.63, 3.8) is 0 Å². The smallest absolute Gasteiger partial charge is 0.220 e. The Morgan fingerprint density at radius 1 is 0.500 bits per heavy atom. The lowest BCUT2D eigenvalue weighted by molar-refractivity contribution is -0.121. The second-order valence-corrected chi connectivity index (χ2v) is 17.2. The Labute approximate surface area is 280 Å². The van der Waals surface area contributed by atoms with Gasteiger partial charge in [-0.15, -0.1) is 0 Å². The second kappa shape index (κ2) is 15.7. The molecule has 0 fully saturated rings. The Morgan fingerprint density at radius 3 is 1.00 bits per heavy atom. The number of hydrogen-bond donors (Lipinski definition) is 4. The lowest BCUT2D eigenvalue weighted by atomic mass is 10.0. The molecule has 0 aliphatic heterocycles. The van der Waals surface area contributed by atoms with E-state index in [1.54, 1.807) is 0 Å². The molecular formula is C40H64N2O4. The summed E-state index contributed by atoms with van der Waals surface area (Å²) < 4.78 is 0. The van der Waals surface area contributed by atoms with Gasteiger partial charge in [-0.05, 0) is 80.7 Å². The fourth-order valence-corrected chi connectivity index (χ4v) is 5.72. The zero-order chi connectivity index (χ0) is 35.1. The van der Waals surface area contributed by atoms with E-state index in [0.717, 1.165) is 59.1 Å². The maximum Gasteiger partial charge on any atom is 0.220 e. The molecule has 0 aliphatic rings. The van der Waals surface area contributed by atoms with Gasteiger partial charge in [-0.3, -0.25) is 9.59 Å². The Balaban J connectivity index is 1.71. The fourth-order valence-electron chi connectivity index (χ4n) is 5.72. The SMILES string of the molecule is CC(C)(C)[13c]1[13cH][13c](CCC(=O)NCCCCCCNC(=O)CC[13c]2[13cH][13c](C(C)(C)C)[13c](O)[13c](C(C)(C)C)[13cH]2)[13cH][13c](C(C)(C)C)[13c]1O. The Morgan fingerprint density at radius 2 is 0.761 bits per heavy atom. The van der Waals surface area contributed by atoms with Crippen molar-refractivity contribution >= 4 is 11.8 Å². The number of carbonyl (C=O) groups is 2. The number of phenols is 2. The molecule has 0 aromatic heterocycles. The van der Waals surface area contributed by atoms with E-state index < -0.39 is 0 Å². The summed E-state index contributed by atoms with van der Waals surface area (Å²) in [6.45, 7) is 26.5. The van der Waals surface area contributed by atoms with E-state index in [4.69, 9.17) is 0 Å². The molecule has 258 valence electrons. The van der Waals surface area contributed by atoms with Crippen molar-refractivity contribution < 1.29 is 19.8 Å². The Kier molecular flexibility index (Phi) is 13.4. The predicted molar refractivity (Wildman–Crippen MR) is 192 cm³/mol. The van der Waals surface area contributed by atoms with Gasteiger partial charge in [0.25, 0.3) is 0 Å². The molecule has 0 saturated heterocycles. The van der Waals surface area contributed by atoms with Crippen molar-refractivity contribution in [3.8, 4) is 11.5 Å². The summed E-state index contributed by atoms with van der Waals surface area (Å²) in [4.78, 5) is 25.1. The van der Waals surface area contributed by atoms with Crippen LogP contribution in [0.5, 0.6) is 11.5 Å². The van der Waals surface area contributed by atoms with Crippen LogP contribution in [-0.4, -0.2) is 35.1 Å². The molecule has 2 amide bonds. The van der Waals surface area contributed by atoms with Gasteiger partial charge >= 0.3 is 0 Å². The van der Waals surface area contributed by atoms with Crippen molar-refractivity contribution in [2.45, 2.75) is 156 Å². The van der Waals surface area contributed by atoms with Crippen LogP contribution in [0.1, 0.15) is 155 Å². The highest BCUT2D eigenvalue weighted by molar-refractivity contribution is 5.76. The summed E-state index contributed by atoms with van der Waals surface area (Å²) >= 11 is 0. The number of benzene rings is 2. The molecule has 0 saturated carbocycles. The number of aryl methyl sites for hydroxylation is 2. The van der Waals surface area contributed by atoms with Gasteiger partial charge in [0.1, 0.15) is 11.5 Å². The summed E-state index contributed by atoms with van der Waals surface area (Å²) in [5.41, 5.74) is 5.10. The molecule has 2 rings (SSSR count). The number of unbranched alkanes of at least 4 members (excludes halogenated alkanes) is 3. The quantitative estimate of drug-likeness (QED) is 0.163. The summed E-state index contributed by atoms with van der Waals surface area (Å²) in [7, 11) is 0. The van der Waals surface area contributed by atoms with Crippen LogP contribution in [0.25, 0.3) is 0 Å². The van der Waals surface area contributed by atoms with Gasteiger partial charge in [0.15, 0.2) is 0 Å². The van der Waals surface area contributed by atoms with Crippen molar-refractivity contribution in [1.82, 2.24) is 10.6 Å². The topological polar surface area (TPSA) is 98.7 Å². The van der Waals surface area contributed by atoms with E-state index in [0.29, 0.717) is 50.3 Å². The van der Waals surface area contributed by atoms with Crippen LogP contribution in [-0.2, 0) is 44.1 Å². The van der Waals surface area contributed by atoms with Gasteiger partial charge in [0.05, 0.1) is 0 Å². The maximum absolute atomic E-state index is 12.6. The fraction of sp³-hybridized carbons (Fsp3) is 0.650. The van der Waals surface area contributed by atoms with Gasteiger partial charge in [-0.1, -0.05) is 120 Å². The van der Waals surface area contributed by atoms with Crippen molar-refractivity contribution in [1.29, 1.82) is 0 Å². The molecule has 0 unspecified atom stereocenters. The molecule has 0 aliphatic carbocycles. The molecule has 2 aromatic rings. The summed E-state index contributed by atoms with van der Waals surface area (Å²) in [6.07, 6.45) is 5.93. The zero-order valence-electron chi connectivity index (χ0n) is 31.1. The van der Waals surface area contributed by atoms with Crippen molar-refractivity contribution in [2.24, 2.45) is 0 Å². The number of amides is 2. The first-order valence-electron chi connectivity index (χ1n) is 17.3. The van der Waals surface area contributed by atoms with E-state index in [9.17, 15) is 19.8 Å². The predicted octanol–water partition coefficient (Wildman–Crippen LogP) is 8.65. The maximum atomic E-state index is 12.6. The molecule has 2 aromatic carbocycles. The van der Waals surface area contributed by atoms with E-state index >= 15 is 0 Å². The second-order valence-electron chi connectivity index (χ2n) is 17.2. The van der Waals surface area contributed by atoms with Gasteiger partial charge < -0.3 is 20.8 Å². The average Bonchev–Trinajstić information content (AvgIpc) is 2.90. The highest BCUT2D eigenvalue weighted by atomic mass is 16.4. The third kappa shape index (κ3) is 12.0. The van der Waals surface area contributed by atoms with E-state index in [-0.39, 0.29) is 33.5 Å². The first kappa shape index (κ1) is 39.2. The number of nitrogens with one attached hydrogen (secondary N) is 2. The Bertz CT molecular complexity index is 1160. The molecule has 0 spiro atoms. The summed E-state index contributed by atoms with van der Waals surface area (Å²) in [6, 6.07) is 8.20.